The molecule has 23 heavy (non-hydrogen) atoms. The van der Waals surface area contributed by atoms with Gasteiger partial charge in [0.2, 0.25) is 5.91 Å². The summed E-state index contributed by atoms with van der Waals surface area (Å²) < 4.78 is 14.2. The fourth-order valence-corrected chi connectivity index (χ4v) is 3.01. The summed E-state index contributed by atoms with van der Waals surface area (Å²) in [6.45, 7) is 2.00. The highest BCUT2D eigenvalue weighted by atomic mass is 32.1. The molecule has 0 aliphatic carbocycles. The second-order valence-corrected chi connectivity index (χ2v) is 6.10. The van der Waals surface area contributed by atoms with Gasteiger partial charge in [0.05, 0.1) is 17.8 Å². The first-order chi connectivity index (χ1) is 11.1. The van der Waals surface area contributed by atoms with E-state index in [1.54, 1.807) is 18.2 Å². The van der Waals surface area contributed by atoms with Crippen molar-refractivity contribution in [3.8, 4) is 0 Å². The first-order valence-electron chi connectivity index (χ1n) is 7.30. The Bertz CT molecular complexity index is 797. The summed E-state index contributed by atoms with van der Waals surface area (Å²) in [4.78, 5) is 14.3. The van der Waals surface area contributed by atoms with Crippen LogP contribution in [0.4, 0.5) is 15.8 Å². The van der Waals surface area contributed by atoms with Crippen molar-refractivity contribution < 1.29 is 9.18 Å². The van der Waals surface area contributed by atoms with Crippen LogP contribution in [0.15, 0.2) is 65.4 Å². The summed E-state index contributed by atoms with van der Waals surface area (Å²) in [6.07, 6.45) is 0.227. The molecule has 0 N–H and O–H groups in total. The van der Waals surface area contributed by atoms with Crippen molar-refractivity contribution in [2.75, 3.05) is 4.90 Å². The Morgan fingerprint density at radius 3 is 2.48 bits per heavy atom. The zero-order chi connectivity index (χ0) is 16.2. The van der Waals surface area contributed by atoms with E-state index in [4.69, 9.17) is 0 Å². The Morgan fingerprint density at radius 1 is 1.09 bits per heavy atom. The van der Waals surface area contributed by atoms with Gasteiger partial charge in [-0.25, -0.2) is 4.39 Å². The minimum absolute atomic E-state index is 0.155. The number of carbonyl (C=O) groups excluding carboxylic acids is 1. The largest absolute Gasteiger partial charge is 0.277 e. The minimum Gasteiger partial charge on any atom is -0.277 e. The first kappa shape index (κ1) is 15.4. The molecular weight excluding hydrogens is 309 g/mol. The zero-order valence-corrected chi connectivity index (χ0v) is 13.5. The number of thiophene rings is 1. The third-order valence-electron chi connectivity index (χ3n) is 3.58. The summed E-state index contributed by atoms with van der Waals surface area (Å²) in [5, 5.41) is 3.72. The molecule has 0 bridgehead atoms. The highest BCUT2D eigenvalue weighted by Gasteiger charge is 2.21. The molecule has 2 nitrogen and oxygen atoms in total. The standard InChI is InChI=1S/C19H16FNOS/c1-14-6-8-15(9-7-14)12-19(22)21(16-10-11-23-13-16)18-5-3-2-4-17(18)20/h2-11,13H,12H2,1H3. The first-order valence-corrected chi connectivity index (χ1v) is 8.24. The Balaban J connectivity index is 1.94. The number of hydrogen-bond donors (Lipinski definition) is 0. The van der Waals surface area contributed by atoms with Crippen LogP contribution in [0.3, 0.4) is 0 Å². The molecule has 3 rings (SSSR count). The van der Waals surface area contributed by atoms with Crippen LogP contribution in [0.5, 0.6) is 0 Å². The lowest BCUT2D eigenvalue weighted by atomic mass is 10.1. The van der Waals surface area contributed by atoms with Gasteiger partial charge >= 0.3 is 0 Å². The highest BCUT2D eigenvalue weighted by molar-refractivity contribution is 7.08. The monoisotopic (exact) mass is 325 g/mol. The molecular formula is C19H16FNOS. The van der Waals surface area contributed by atoms with E-state index in [1.807, 2.05) is 48.0 Å². The number of amides is 1. The van der Waals surface area contributed by atoms with Crippen molar-refractivity contribution in [2.24, 2.45) is 0 Å². The van der Waals surface area contributed by atoms with Crippen LogP contribution >= 0.6 is 11.3 Å². The summed E-state index contributed by atoms with van der Waals surface area (Å²) >= 11 is 1.48. The van der Waals surface area contributed by atoms with Gasteiger partial charge in [-0.1, -0.05) is 42.0 Å². The molecule has 0 aliphatic rings. The van der Waals surface area contributed by atoms with Gasteiger partial charge in [-0.2, -0.15) is 11.3 Å². The number of anilines is 2. The lowest BCUT2D eigenvalue weighted by molar-refractivity contribution is -0.117. The maximum absolute atomic E-state index is 14.2. The summed E-state index contributed by atoms with van der Waals surface area (Å²) in [7, 11) is 0. The van der Waals surface area contributed by atoms with Crippen LogP contribution in [0.25, 0.3) is 0 Å². The summed E-state index contributed by atoms with van der Waals surface area (Å²) in [5.41, 5.74) is 3.03. The molecule has 2 aromatic carbocycles. The van der Waals surface area contributed by atoms with Crippen molar-refractivity contribution in [3.05, 3.63) is 82.3 Å². The summed E-state index contributed by atoms with van der Waals surface area (Å²) in [6, 6.07) is 16.0. The molecule has 0 unspecified atom stereocenters. The van der Waals surface area contributed by atoms with Crippen LogP contribution < -0.4 is 4.90 Å². The fraction of sp³-hybridized carbons (Fsp3) is 0.105. The van der Waals surface area contributed by atoms with Crippen molar-refractivity contribution >= 4 is 28.6 Å². The average Bonchev–Trinajstić information content (AvgIpc) is 3.06. The summed E-state index contributed by atoms with van der Waals surface area (Å²) in [5.74, 6) is -0.562. The zero-order valence-electron chi connectivity index (χ0n) is 12.7. The molecule has 1 aromatic heterocycles. The number of nitrogens with zero attached hydrogens (tertiary/aromatic N) is 1. The van der Waals surface area contributed by atoms with E-state index < -0.39 is 5.82 Å². The van der Waals surface area contributed by atoms with Gasteiger partial charge in [0.25, 0.3) is 0 Å². The van der Waals surface area contributed by atoms with Crippen LogP contribution in [0.1, 0.15) is 11.1 Å². The highest BCUT2D eigenvalue weighted by Crippen LogP contribution is 2.30. The van der Waals surface area contributed by atoms with E-state index >= 15 is 0 Å². The van der Waals surface area contributed by atoms with Crippen LogP contribution in [0.2, 0.25) is 0 Å². The molecule has 1 heterocycles. The molecule has 0 fully saturated rings. The molecule has 4 heteroatoms. The lowest BCUT2D eigenvalue weighted by Crippen LogP contribution is -2.28. The van der Waals surface area contributed by atoms with Crippen LogP contribution in [0, 0.1) is 12.7 Å². The van der Waals surface area contributed by atoms with E-state index in [2.05, 4.69) is 0 Å². The minimum atomic E-state index is -0.407. The fourth-order valence-electron chi connectivity index (χ4n) is 2.39. The smallest absolute Gasteiger partial charge is 0.236 e. The lowest BCUT2D eigenvalue weighted by Gasteiger charge is -2.22. The van der Waals surface area contributed by atoms with Gasteiger partial charge in [-0.3, -0.25) is 9.69 Å². The molecule has 0 spiro atoms. The van der Waals surface area contributed by atoms with Gasteiger partial charge in [-0.15, -0.1) is 0 Å². The second kappa shape index (κ2) is 6.75. The average molecular weight is 325 g/mol. The predicted molar refractivity (Wildman–Crippen MR) is 92.7 cm³/mol. The number of rotatable bonds is 4. The molecule has 0 aliphatic heterocycles. The van der Waals surface area contributed by atoms with E-state index in [0.717, 1.165) is 11.1 Å². The third-order valence-corrected chi connectivity index (χ3v) is 4.25. The molecule has 0 radical (unpaired) electrons. The van der Waals surface area contributed by atoms with E-state index in [1.165, 1.54) is 22.3 Å². The quantitative estimate of drug-likeness (QED) is 0.653. The molecule has 1 amide bonds. The van der Waals surface area contributed by atoms with E-state index in [0.29, 0.717) is 5.69 Å². The van der Waals surface area contributed by atoms with Crippen LogP contribution in [-0.4, -0.2) is 5.91 Å². The third kappa shape index (κ3) is 3.48. The van der Waals surface area contributed by atoms with Crippen molar-refractivity contribution in [1.29, 1.82) is 0 Å². The molecule has 3 aromatic rings. The van der Waals surface area contributed by atoms with Gasteiger partial charge in [0, 0.05) is 5.38 Å². The predicted octanol–water partition coefficient (Wildman–Crippen LogP) is 5.10. The van der Waals surface area contributed by atoms with Gasteiger partial charge in [0.1, 0.15) is 5.82 Å². The molecule has 0 atom stereocenters. The Kier molecular flexibility index (Phi) is 4.53. The van der Waals surface area contributed by atoms with E-state index in [-0.39, 0.29) is 18.0 Å². The number of aryl methyl sites for hydroxylation is 1. The van der Waals surface area contributed by atoms with Gasteiger partial charge in [0.15, 0.2) is 0 Å². The maximum atomic E-state index is 14.2. The van der Waals surface area contributed by atoms with Gasteiger partial charge < -0.3 is 0 Å². The molecule has 0 saturated carbocycles. The second-order valence-electron chi connectivity index (χ2n) is 5.32. The SMILES string of the molecule is Cc1ccc(CC(=O)N(c2ccsc2)c2ccccc2F)cc1. The maximum Gasteiger partial charge on any atom is 0.236 e. The Hall–Kier alpha value is -2.46. The number of benzene rings is 2. The Morgan fingerprint density at radius 2 is 1.83 bits per heavy atom. The Labute approximate surface area is 138 Å². The number of halogens is 1. The van der Waals surface area contributed by atoms with E-state index in [9.17, 15) is 9.18 Å². The van der Waals surface area contributed by atoms with Crippen molar-refractivity contribution in [2.45, 2.75) is 13.3 Å². The number of carbonyl (C=O) groups is 1. The van der Waals surface area contributed by atoms with Crippen molar-refractivity contribution in [3.63, 3.8) is 0 Å². The van der Waals surface area contributed by atoms with Crippen molar-refractivity contribution in [1.82, 2.24) is 0 Å². The number of para-hydroxylation sites is 1. The topological polar surface area (TPSA) is 20.3 Å². The van der Waals surface area contributed by atoms with Crippen LogP contribution in [-0.2, 0) is 11.2 Å². The molecule has 0 saturated heterocycles. The molecule has 116 valence electrons. The number of hydrogen-bond acceptors (Lipinski definition) is 2. The van der Waals surface area contributed by atoms with Gasteiger partial charge in [-0.05, 0) is 36.1 Å². The normalized spacial score (nSPS) is 10.5.